The van der Waals surface area contributed by atoms with Crippen molar-refractivity contribution in [1.29, 1.82) is 0 Å². The zero-order chi connectivity index (χ0) is 14.5. The van der Waals surface area contributed by atoms with Crippen molar-refractivity contribution in [2.24, 2.45) is 0 Å². The Kier molecular flexibility index (Phi) is 5.50. The van der Waals surface area contributed by atoms with Crippen molar-refractivity contribution in [3.05, 3.63) is 24.3 Å². The van der Waals surface area contributed by atoms with E-state index in [1.807, 2.05) is 13.8 Å². The lowest BCUT2D eigenvalue weighted by Crippen LogP contribution is -2.27. The van der Waals surface area contributed by atoms with Crippen LogP contribution in [0.3, 0.4) is 0 Å². The van der Waals surface area contributed by atoms with Gasteiger partial charge < -0.3 is 10.6 Å². The van der Waals surface area contributed by atoms with E-state index in [0.29, 0.717) is 24.7 Å². The summed E-state index contributed by atoms with van der Waals surface area (Å²) in [5.74, 6) is -0.0970. The van der Waals surface area contributed by atoms with E-state index in [1.54, 1.807) is 12.1 Å². The molecule has 19 heavy (non-hydrogen) atoms. The molecule has 0 fully saturated rings. The molecule has 0 aliphatic heterocycles. The molecule has 0 bridgehead atoms. The molecule has 0 unspecified atom stereocenters. The number of carbonyl (C=O) groups is 1. The normalized spacial score (nSPS) is 11.6. The lowest BCUT2D eigenvalue weighted by molar-refractivity contribution is -0.116. The maximum atomic E-state index is 11.6. The Hall–Kier alpha value is -1.40. The number of amides is 1. The molecule has 0 heterocycles. The number of nitrogens with one attached hydrogen (secondary N) is 2. The molecule has 0 spiro atoms. The van der Waals surface area contributed by atoms with E-state index in [9.17, 15) is 13.2 Å². The van der Waals surface area contributed by atoms with Crippen LogP contribution in [-0.2, 0) is 14.6 Å². The summed E-state index contributed by atoms with van der Waals surface area (Å²) in [5, 5.41) is 5.87. The molecule has 0 radical (unpaired) electrons. The smallest absolute Gasteiger partial charge is 0.225 e. The van der Waals surface area contributed by atoms with E-state index in [1.165, 1.54) is 12.1 Å². The van der Waals surface area contributed by atoms with Crippen molar-refractivity contribution < 1.29 is 13.2 Å². The first-order chi connectivity index (χ1) is 8.79. The fourth-order valence-electron chi connectivity index (χ4n) is 1.48. The molecule has 106 valence electrons. The number of rotatable bonds is 6. The fraction of sp³-hybridized carbons (Fsp3) is 0.462. The van der Waals surface area contributed by atoms with Gasteiger partial charge in [0.1, 0.15) is 0 Å². The standard InChI is InChI=1S/C13H20N2O3S/c1-10(2)14-9-8-13(16)15-11-4-6-12(7-5-11)19(3,17)18/h4-7,10,14H,8-9H2,1-3H3,(H,15,16). The highest BCUT2D eigenvalue weighted by Gasteiger charge is 2.07. The number of carbonyl (C=O) groups excluding carboxylic acids is 1. The maximum Gasteiger partial charge on any atom is 0.225 e. The van der Waals surface area contributed by atoms with Crippen LogP contribution in [0.1, 0.15) is 20.3 Å². The molecule has 1 aromatic rings. The molecule has 2 N–H and O–H groups in total. The zero-order valence-corrected chi connectivity index (χ0v) is 12.3. The van der Waals surface area contributed by atoms with Gasteiger partial charge in [0, 0.05) is 31.0 Å². The van der Waals surface area contributed by atoms with Gasteiger partial charge in [0.2, 0.25) is 5.91 Å². The molecule has 0 saturated heterocycles. The number of hydrogen-bond donors (Lipinski definition) is 2. The van der Waals surface area contributed by atoms with Crippen LogP contribution in [0, 0.1) is 0 Å². The van der Waals surface area contributed by atoms with Gasteiger partial charge in [-0.2, -0.15) is 0 Å². The van der Waals surface area contributed by atoms with Gasteiger partial charge in [-0.25, -0.2) is 8.42 Å². The van der Waals surface area contributed by atoms with E-state index in [-0.39, 0.29) is 10.8 Å². The van der Waals surface area contributed by atoms with E-state index in [4.69, 9.17) is 0 Å². The Bertz CT molecular complexity index is 521. The molecule has 0 atom stereocenters. The summed E-state index contributed by atoms with van der Waals surface area (Å²) in [7, 11) is -3.19. The summed E-state index contributed by atoms with van der Waals surface area (Å²) in [4.78, 5) is 11.8. The molecule has 5 nitrogen and oxygen atoms in total. The quantitative estimate of drug-likeness (QED) is 0.828. The van der Waals surface area contributed by atoms with Crippen LogP contribution in [0.25, 0.3) is 0 Å². The van der Waals surface area contributed by atoms with Gasteiger partial charge in [0.15, 0.2) is 9.84 Å². The molecular weight excluding hydrogens is 264 g/mol. The Morgan fingerprint density at radius 1 is 1.21 bits per heavy atom. The summed E-state index contributed by atoms with van der Waals surface area (Å²) in [5.41, 5.74) is 0.599. The third-order valence-corrected chi connectivity index (χ3v) is 3.60. The van der Waals surface area contributed by atoms with Crippen LogP contribution in [0.2, 0.25) is 0 Å². The molecule has 0 saturated carbocycles. The van der Waals surface area contributed by atoms with E-state index in [0.717, 1.165) is 6.26 Å². The summed E-state index contributed by atoms with van der Waals surface area (Å²) in [6.07, 6.45) is 1.53. The second kappa shape index (κ2) is 6.68. The zero-order valence-electron chi connectivity index (χ0n) is 11.4. The minimum absolute atomic E-state index is 0.0970. The highest BCUT2D eigenvalue weighted by atomic mass is 32.2. The fourth-order valence-corrected chi connectivity index (χ4v) is 2.11. The highest BCUT2D eigenvalue weighted by Crippen LogP contribution is 2.13. The Morgan fingerprint density at radius 3 is 2.26 bits per heavy atom. The van der Waals surface area contributed by atoms with Crippen LogP contribution in [0.15, 0.2) is 29.2 Å². The van der Waals surface area contributed by atoms with Crippen LogP contribution >= 0.6 is 0 Å². The van der Waals surface area contributed by atoms with Crippen molar-refractivity contribution in [3.63, 3.8) is 0 Å². The van der Waals surface area contributed by atoms with Crippen LogP contribution in [0.4, 0.5) is 5.69 Å². The van der Waals surface area contributed by atoms with Crippen molar-refractivity contribution in [2.75, 3.05) is 18.1 Å². The molecule has 0 aromatic heterocycles. The van der Waals surface area contributed by atoms with Crippen molar-refractivity contribution in [1.82, 2.24) is 5.32 Å². The predicted octanol–water partition coefficient (Wildman–Crippen LogP) is 1.42. The third-order valence-electron chi connectivity index (χ3n) is 2.47. The van der Waals surface area contributed by atoms with Crippen molar-refractivity contribution in [2.45, 2.75) is 31.2 Å². The Morgan fingerprint density at radius 2 is 1.79 bits per heavy atom. The van der Waals surface area contributed by atoms with E-state index < -0.39 is 9.84 Å². The first-order valence-electron chi connectivity index (χ1n) is 6.12. The van der Waals surface area contributed by atoms with Crippen LogP contribution in [-0.4, -0.2) is 33.2 Å². The predicted molar refractivity (Wildman–Crippen MR) is 75.9 cm³/mol. The van der Waals surface area contributed by atoms with Gasteiger partial charge in [-0.3, -0.25) is 4.79 Å². The lowest BCUT2D eigenvalue weighted by Gasteiger charge is -2.08. The number of benzene rings is 1. The van der Waals surface area contributed by atoms with Crippen molar-refractivity contribution in [3.8, 4) is 0 Å². The Balaban J connectivity index is 2.52. The number of sulfone groups is 1. The summed E-state index contributed by atoms with van der Waals surface area (Å²) in [6, 6.07) is 6.49. The van der Waals surface area contributed by atoms with Gasteiger partial charge in [-0.15, -0.1) is 0 Å². The van der Waals surface area contributed by atoms with Gasteiger partial charge in [-0.05, 0) is 24.3 Å². The number of anilines is 1. The second-order valence-corrected chi connectivity index (χ2v) is 6.72. The molecule has 1 amide bonds. The third kappa shape index (κ3) is 5.85. The van der Waals surface area contributed by atoms with Crippen LogP contribution in [0.5, 0.6) is 0 Å². The lowest BCUT2D eigenvalue weighted by atomic mass is 10.3. The minimum atomic E-state index is -3.19. The van der Waals surface area contributed by atoms with Gasteiger partial charge >= 0.3 is 0 Å². The van der Waals surface area contributed by atoms with Gasteiger partial charge in [0.25, 0.3) is 0 Å². The second-order valence-electron chi connectivity index (χ2n) is 4.70. The molecule has 0 aliphatic rings. The average molecular weight is 284 g/mol. The summed E-state index contributed by atoms with van der Waals surface area (Å²) in [6.45, 7) is 4.65. The first-order valence-corrected chi connectivity index (χ1v) is 8.01. The molecule has 6 heteroatoms. The molecule has 1 aromatic carbocycles. The van der Waals surface area contributed by atoms with Crippen molar-refractivity contribution >= 4 is 21.4 Å². The van der Waals surface area contributed by atoms with E-state index in [2.05, 4.69) is 10.6 Å². The van der Waals surface area contributed by atoms with Crippen LogP contribution < -0.4 is 10.6 Å². The Labute approximate surface area is 114 Å². The monoisotopic (exact) mass is 284 g/mol. The molecular formula is C13H20N2O3S. The summed E-state index contributed by atoms with van der Waals surface area (Å²) < 4.78 is 22.6. The minimum Gasteiger partial charge on any atom is -0.326 e. The largest absolute Gasteiger partial charge is 0.326 e. The highest BCUT2D eigenvalue weighted by molar-refractivity contribution is 7.90. The summed E-state index contributed by atoms with van der Waals surface area (Å²) >= 11 is 0. The maximum absolute atomic E-state index is 11.6. The molecule has 0 aliphatic carbocycles. The van der Waals surface area contributed by atoms with E-state index >= 15 is 0 Å². The first kappa shape index (κ1) is 15.7. The topological polar surface area (TPSA) is 75.3 Å². The number of hydrogen-bond acceptors (Lipinski definition) is 4. The molecule has 1 rings (SSSR count). The van der Waals surface area contributed by atoms with Gasteiger partial charge in [0.05, 0.1) is 4.90 Å². The SMILES string of the molecule is CC(C)NCCC(=O)Nc1ccc(S(C)(=O)=O)cc1. The average Bonchev–Trinajstić information content (AvgIpc) is 2.27. The van der Waals surface area contributed by atoms with Gasteiger partial charge in [-0.1, -0.05) is 13.8 Å².